The molecule has 0 saturated carbocycles. The molecule has 6 nitrogen and oxygen atoms in total. The molecular weight excluding hydrogens is 298 g/mol. The molecule has 0 aromatic carbocycles. The van der Waals surface area contributed by atoms with Crippen molar-refractivity contribution in [1.82, 2.24) is 4.90 Å². The predicted molar refractivity (Wildman–Crippen MR) is 89.6 cm³/mol. The van der Waals surface area contributed by atoms with Crippen molar-refractivity contribution in [2.45, 2.75) is 70.6 Å². The molecule has 0 aliphatic rings. The Morgan fingerprint density at radius 3 is 1.35 bits per heavy atom. The van der Waals surface area contributed by atoms with Crippen LogP contribution in [0.2, 0.25) is 0 Å². The van der Waals surface area contributed by atoms with Crippen LogP contribution in [0.15, 0.2) is 0 Å². The molecule has 0 heterocycles. The van der Waals surface area contributed by atoms with Crippen molar-refractivity contribution in [3.8, 4) is 0 Å². The zero-order valence-corrected chi connectivity index (χ0v) is 14.2. The zero-order valence-electron chi connectivity index (χ0n) is 14.2. The van der Waals surface area contributed by atoms with E-state index in [1.165, 1.54) is 0 Å². The summed E-state index contributed by atoms with van der Waals surface area (Å²) in [5.41, 5.74) is 0. The first-order valence-corrected chi connectivity index (χ1v) is 8.83. The van der Waals surface area contributed by atoms with Gasteiger partial charge in [0.2, 0.25) is 0 Å². The Morgan fingerprint density at radius 2 is 1.00 bits per heavy atom. The molecule has 6 heteroatoms. The second-order valence-electron chi connectivity index (χ2n) is 6.03. The Morgan fingerprint density at radius 1 is 0.609 bits per heavy atom. The standard InChI is InChI=1S/C17H33NO5/c19-15-9-3-8-14-18(12-6-1-4-10-16(20)21)13-7-2-5-11-17(22)23/h19H,1-15H2,(H,20,21)(H,22,23). The van der Waals surface area contributed by atoms with E-state index >= 15 is 0 Å². The van der Waals surface area contributed by atoms with E-state index in [4.69, 9.17) is 15.3 Å². The highest BCUT2D eigenvalue weighted by Crippen LogP contribution is 2.07. The number of rotatable bonds is 17. The van der Waals surface area contributed by atoms with Crippen molar-refractivity contribution in [3.05, 3.63) is 0 Å². The Bertz CT molecular complexity index is 285. The van der Waals surface area contributed by atoms with Gasteiger partial charge in [0.25, 0.3) is 0 Å². The first-order valence-electron chi connectivity index (χ1n) is 8.83. The summed E-state index contributed by atoms with van der Waals surface area (Å²) in [6.07, 6.45) is 8.72. The van der Waals surface area contributed by atoms with Crippen LogP contribution in [0.4, 0.5) is 0 Å². The molecule has 23 heavy (non-hydrogen) atoms. The van der Waals surface area contributed by atoms with Gasteiger partial charge in [-0.1, -0.05) is 12.8 Å². The smallest absolute Gasteiger partial charge is 0.303 e. The predicted octanol–water partition coefficient (Wildman–Crippen LogP) is 2.74. The fraction of sp³-hybridized carbons (Fsp3) is 0.882. The molecule has 3 N–H and O–H groups in total. The third kappa shape index (κ3) is 17.1. The van der Waals surface area contributed by atoms with Crippen LogP contribution in [0.25, 0.3) is 0 Å². The van der Waals surface area contributed by atoms with Crippen molar-refractivity contribution < 1.29 is 24.9 Å². The molecule has 0 spiro atoms. The van der Waals surface area contributed by atoms with Gasteiger partial charge in [-0.05, 0) is 64.6 Å². The fourth-order valence-electron chi connectivity index (χ4n) is 2.54. The number of carboxylic acid groups (broad SMARTS) is 2. The molecule has 136 valence electrons. The normalized spacial score (nSPS) is 11.0. The number of carboxylic acids is 2. The molecule has 0 aliphatic carbocycles. The van der Waals surface area contributed by atoms with Gasteiger partial charge < -0.3 is 20.2 Å². The minimum Gasteiger partial charge on any atom is -0.481 e. The average molecular weight is 331 g/mol. The van der Waals surface area contributed by atoms with Crippen LogP contribution in [0.3, 0.4) is 0 Å². The van der Waals surface area contributed by atoms with Gasteiger partial charge in [-0.25, -0.2) is 0 Å². The van der Waals surface area contributed by atoms with E-state index in [1.54, 1.807) is 0 Å². The van der Waals surface area contributed by atoms with Gasteiger partial charge in [0.05, 0.1) is 0 Å². The lowest BCUT2D eigenvalue weighted by Gasteiger charge is -2.22. The minimum absolute atomic E-state index is 0.240. The van der Waals surface area contributed by atoms with E-state index in [9.17, 15) is 9.59 Å². The van der Waals surface area contributed by atoms with Crippen LogP contribution in [0.1, 0.15) is 70.6 Å². The Hall–Kier alpha value is -1.14. The summed E-state index contributed by atoms with van der Waals surface area (Å²) in [6.45, 7) is 3.18. The van der Waals surface area contributed by atoms with Crippen LogP contribution >= 0.6 is 0 Å². The lowest BCUT2D eigenvalue weighted by Crippen LogP contribution is -2.27. The van der Waals surface area contributed by atoms with Crippen LogP contribution in [-0.2, 0) is 9.59 Å². The van der Waals surface area contributed by atoms with E-state index < -0.39 is 11.9 Å². The molecule has 0 fully saturated rings. The van der Waals surface area contributed by atoms with E-state index in [0.717, 1.165) is 77.4 Å². The fourth-order valence-corrected chi connectivity index (χ4v) is 2.54. The molecule has 0 bridgehead atoms. The number of hydrogen-bond acceptors (Lipinski definition) is 4. The molecule has 0 radical (unpaired) electrons. The quantitative estimate of drug-likeness (QED) is 0.355. The van der Waals surface area contributed by atoms with Gasteiger partial charge in [-0.2, -0.15) is 0 Å². The summed E-state index contributed by atoms with van der Waals surface area (Å²) < 4.78 is 0. The summed E-state index contributed by atoms with van der Waals surface area (Å²) >= 11 is 0. The zero-order chi connectivity index (χ0) is 17.3. The van der Waals surface area contributed by atoms with E-state index in [-0.39, 0.29) is 19.4 Å². The van der Waals surface area contributed by atoms with Crippen molar-refractivity contribution in [1.29, 1.82) is 0 Å². The highest BCUT2D eigenvalue weighted by Gasteiger charge is 2.06. The SMILES string of the molecule is O=C(O)CCCCCN(CCCCCO)CCCCCC(=O)O. The third-order valence-electron chi connectivity index (χ3n) is 3.86. The van der Waals surface area contributed by atoms with Gasteiger partial charge >= 0.3 is 11.9 Å². The molecule has 0 aromatic rings. The van der Waals surface area contributed by atoms with Gasteiger partial charge in [-0.3, -0.25) is 9.59 Å². The Kier molecular flexibility index (Phi) is 15.0. The summed E-state index contributed by atoms with van der Waals surface area (Å²) in [7, 11) is 0. The molecule has 0 amide bonds. The van der Waals surface area contributed by atoms with E-state index in [0.29, 0.717) is 0 Å². The number of aliphatic hydroxyl groups excluding tert-OH is 1. The first-order chi connectivity index (χ1) is 11.1. The molecule has 0 rings (SSSR count). The molecule has 0 unspecified atom stereocenters. The number of aliphatic carboxylic acids is 2. The maximum Gasteiger partial charge on any atom is 0.303 e. The van der Waals surface area contributed by atoms with Crippen molar-refractivity contribution in [2.24, 2.45) is 0 Å². The van der Waals surface area contributed by atoms with Crippen LogP contribution in [-0.4, -0.2) is 58.4 Å². The summed E-state index contributed by atoms with van der Waals surface area (Å²) in [4.78, 5) is 23.3. The molecule has 0 aliphatic heterocycles. The third-order valence-corrected chi connectivity index (χ3v) is 3.86. The Labute approximate surface area is 139 Å². The average Bonchev–Trinajstić information content (AvgIpc) is 2.49. The highest BCUT2D eigenvalue weighted by atomic mass is 16.4. The maximum atomic E-state index is 10.5. The minimum atomic E-state index is -0.732. The van der Waals surface area contributed by atoms with Crippen LogP contribution in [0, 0.1) is 0 Å². The second-order valence-corrected chi connectivity index (χ2v) is 6.03. The van der Waals surface area contributed by atoms with Crippen LogP contribution < -0.4 is 0 Å². The molecule has 0 atom stereocenters. The van der Waals surface area contributed by atoms with E-state index in [1.807, 2.05) is 0 Å². The molecule has 0 aromatic heterocycles. The number of nitrogens with zero attached hydrogens (tertiary/aromatic N) is 1. The lowest BCUT2D eigenvalue weighted by atomic mass is 10.1. The van der Waals surface area contributed by atoms with Crippen molar-refractivity contribution >= 4 is 11.9 Å². The number of carbonyl (C=O) groups is 2. The second kappa shape index (κ2) is 15.7. The molecular formula is C17H33NO5. The van der Waals surface area contributed by atoms with Crippen molar-refractivity contribution in [3.63, 3.8) is 0 Å². The molecule has 0 saturated heterocycles. The summed E-state index contributed by atoms with van der Waals surface area (Å²) in [5, 5.41) is 26.1. The topological polar surface area (TPSA) is 98.1 Å². The first kappa shape index (κ1) is 21.9. The van der Waals surface area contributed by atoms with E-state index in [2.05, 4.69) is 4.90 Å². The van der Waals surface area contributed by atoms with Crippen LogP contribution in [0.5, 0.6) is 0 Å². The number of hydrogen-bond donors (Lipinski definition) is 3. The van der Waals surface area contributed by atoms with Gasteiger partial charge in [-0.15, -0.1) is 0 Å². The summed E-state index contributed by atoms with van der Waals surface area (Å²) in [5.74, 6) is -1.46. The lowest BCUT2D eigenvalue weighted by molar-refractivity contribution is -0.138. The number of aliphatic hydroxyl groups is 1. The number of unbranched alkanes of at least 4 members (excludes halogenated alkanes) is 6. The highest BCUT2D eigenvalue weighted by molar-refractivity contribution is 5.66. The van der Waals surface area contributed by atoms with Gasteiger partial charge in [0.1, 0.15) is 0 Å². The monoisotopic (exact) mass is 331 g/mol. The maximum absolute atomic E-state index is 10.5. The van der Waals surface area contributed by atoms with Gasteiger partial charge in [0.15, 0.2) is 0 Å². The van der Waals surface area contributed by atoms with Gasteiger partial charge in [0, 0.05) is 19.4 Å². The largest absolute Gasteiger partial charge is 0.481 e. The van der Waals surface area contributed by atoms with Crippen molar-refractivity contribution in [2.75, 3.05) is 26.2 Å². The summed E-state index contributed by atoms with van der Waals surface area (Å²) in [6, 6.07) is 0. The Balaban J connectivity index is 3.83.